The van der Waals surface area contributed by atoms with E-state index in [9.17, 15) is 15.0 Å². The molecule has 27 heavy (non-hydrogen) atoms. The number of aliphatic hydroxyl groups excluding tert-OH is 2. The molecule has 0 aromatic rings. The van der Waals surface area contributed by atoms with Crippen LogP contribution >= 0.6 is 15.9 Å². The van der Waals surface area contributed by atoms with Crippen molar-refractivity contribution in [2.75, 3.05) is 0 Å². The van der Waals surface area contributed by atoms with Crippen LogP contribution in [0.5, 0.6) is 0 Å². The number of aliphatic hydroxyl groups is 2. The summed E-state index contributed by atoms with van der Waals surface area (Å²) in [5, 5.41) is 29.5. The quantitative estimate of drug-likeness (QED) is 0.222. The van der Waals surface area contributed by atoms with E-state index in [-0.39, 0.29) is 24.4 Å². The Labute approximate surface area is 172 Å². The average molecular weight is 445 g/mol. The van der Waals surface area contributed by atoms with E-state index in [1.807, 2.05) is 19.1 Å². The summed E-state index contributed by atoms with van der Waals surface area (Å²) in [6.45, 7) is 6.17. The predicted octanol–water partition coefficient (Wildman–Crippen LogP) is 5.08. The summed E-state index contributed by atoms with van der Waals surface area (Å²) in [6, 6.07) is 0. The molecule has 6 atom stereocenters. The maximum atomic E-state index is 10.5. The highest BCUT2D eigenvalue weighted by Gasteiger charge is 2.39. The molecule has 0 bridgehead atoms. The topological polar surface area (TPSA) is 77.8 Å². The molecule has 1 rings (SSSR count). The van der Waals surface area contributed by atoms with Crippen LogP contribution in [0.4, 0.5) is 0 Å². The van der Waals surface area contributed by atoms with E-state index in [1.165, 1.54) is 5.57 Å². The van der Waals surface area contributed by atoms with Gasteiger partial charge in [0.2, 0.25) is 0 Å². The highest BCUT2D eigenvalue weighted by molar-refractivity contribution is 9.09. The number of allylic oxidation sites excluding steroid dienone is 2. The maximum Gasteiger partial charge on any atom is 0.303 e. The Morgan fingerprint density at radius 2 is 1.89 bits per heavy atom. The monoisotopic (exact) mass is 444 g/mol. The second-order valence-corrected chi connectivity index (χ2v) is 9.45. The molecule has 1 fully saturated rings. The van der Waals surface area contributed by atoms with Crippen LogP contribution < -0.4 is 0 Å². The first-order chi connectivity index (χ1) is 12.7. The summed E-state index contributed by atoms with van der Waals surface area (Å²) in [6.07, 6.45) is 11.7. The highest BCUT2D eigenvalue weighted by atomic mass is 79.9. The second-order valence-electron chi connectivity index (χ2n) is 8.28. The molecule has 0 radical (unpaired) electrons. The first-order valence-corrected chi connectivity index (χ1v) is 11.2. The Hall–Kier alpha value is -0.650. The van der Waals surface area contributed by atoms with Gasteiger partial charge in [0.05, 0.1) is 12.2 Å². The van der Waals surface area contributed by atoms with Gasteiger partial charge >= 0.3 is 5.97 Å². The van der Waals surface area contributed by atoms with Crippen LogP contribution in [0.3, 0.4) is 0 Å². The lowest BCUT2D eigenvalue weighted by atomic mass is 9.88. The largest absolute Gasteiger partial charge is 0.481 e. The number of carboxylic acids is 1. The van der Waals surface area contributed by atoms with Gasteiger partial charge in [-0.05, 0) is 51.4 Å². The van der Waals surface area contributed by atoms with E-state index in [4.69, 9.17) is 5.11 Å². The average Bonchev–Trinajstić information content (AvgIpc) is 2.86. The van der Waals surface area contributed by atoms with Gasteiger partial charge in [0.15, 0.2) is 0 Å². The second kappa shape index (κ2) is 12.7. The van der Waals surface area contributed by atoms with Crippen molar-refractivity contribution in [3.8, 4) is 0 Å². The van der Waals surface area contributed by atoms with Crippen molar-refractivity contribution >= 4 is 21.9 Å². The van der Waals surface area contributed by atoms with Crippen LogP contribution in [0, 0.1) is 17.8 Å². The van der Waals surface area contributed by atoms with Gasteiger partial charge in [-0.2, -0.15) is 0 Å². The number of hydrogen-bond acceptors (Lipinski definition) is 3. The molecule has 0 heterocycles. The maximum absolute atomic E-state index is 10.5. The molecular weight excluding hydrogens is 408 g/mol. The molecule has 5 heteroatoms. The molecular formula is C22H37BrO4. The van der Waals surface area contributed by atoms with Crippen molar-refractivity contribution in [3.05, 3.63) is 23.8 Å². The van der Waals surface area contributed by atoms with E-state index in [1.54, 1.807) is 0 Å². The van der Waals surface area contributed by atoms with Gasteiger partial charge in [-0.1, -0.05) is 65.9 Å². The van der Waals surface area contributed by atoms with Gasteiger partial charge in [-0.25, -0.2) is 0 Å². The molecule has 1 aliphatic rings. The van der Waals surface area contributed by atoms with Crippen molar-refractivity contribution in [1.29, 1.82) is 0 Å². The fourth-order valence-electron chi connectivity index (χ4n) is 3.74. The normalized spacial score (nSPS) is 27.6. The molecule has 0 aromatic carbocycles. The van der Waals surface area contributed by atoms with Crippen molar-refractivity contribution in [2.45, 2.75) is 89.2 Å². The summed E-state index contributed by atoms with van der Waals surface area (Å²) in [4.78, 5) is 10.8. The Bertz CT molecular complexity index is 499. The number of halogens is 1. The molecule has 0 aliphatic heterocycles. The van der Waals surface area contributed by atoms with E-state index in [0.717, 1.165) is 44.9 Å². The molecule has 0 spiro atoms. The zero-order valence-corrected chi connectivity index (χ0v) is 18.6. The van der Waals surface area contributed by atoms with Gasteiger partial charge in [0.1, 0.15) is 0 Å². The van der Waals surface area contributed by atoms with Gasteiger partial charge in [0.25, 0.3) is 0 Å². The lowest BCUT2D eigenvalue weighted by Gasteiger charge is -2.22. The minimum absolute atomic E-state index is 0.0682. The number of carbonyl (C=O) groups is 1. The van der Waals surface area contributed by atoms with Crippen LogP contribution in [0.1, 0.15) is 72.1 Å². The summed E-state index contributed by atoms with van der Waals surface area (Å²) in [7, 11) is 0. The summed E-state index contributed by atoms with van der Waals surface area (Å²) >= 11 is 3.72. The summed E-state index contributed by atoms with van der Waals surface area (Å²) in [5.41, 5.74) is 1.26. The molecule has 156 valence electrons. The van der Waals surface area contributed by atoms with Crippen LogP contribution in [-0.2, 0) is 4.79 Å². The lowest BCUT2D eigenvalue weighted by molar-refractivity contribution is -0.137. The first-order valence-electron chi connectivity index (χ1n) is 10.3. The summed E-state index contributed by atoms with van der Waals surface area (Å²) < 4.78 is 0. The van der Waals surface area contributed by atoms with Crippen LogP contribution in [-0.4, -0.2) is 38.3 Å². The lowest BCUT2D eigenvalue weighted by Crippen LogP contribution is -2.20. The standard InChI is InChI=1S/C22H37BrO4/c1-15(2)10-11-16(3)20(24)13-12-18-17(19(23)14-21(18)25)8-6-4-5-7-9-22(26)27/h10,12-13,16-21,24-25H,4-9,11,14H2,1-3H3,(H,26,27)/b13-12+/t16?,17-,18-,19+,20-,21-/m1/s1. The van der Waals surface area contributed by atoms with Gasteiger partial charge in [-0.3, -0.25) is 4.79 Å². The molecule has 3 N–H and O–H groups in total. The Morgan fingerprint density at radius 1 is 1.22 bits per heavy atom. The van der Waals surface area contributed by atoms with Crippen molar-refractivity contribution in [3.63, 3.8) is 0 Å². The third-order valence-corrected chi connectivity index (χ3v) is 6.61. The zero-order valence-electron chi connectivity index (χ0n) is 17.0. The Balaban J connectivity index is 2.50. The number of unbranched alkanes of at least 4 members (excludes halogenated alkanes) is 3. The molecule has 1 aliphatic carbocycles. The number of alkyl halides is 1. The number of rotatable bonds is 12. The molecule has 0 aromatic heterocycles. The molecule has 0 amide bonds. The molecule has 4 nitrogen and oxygen atoms in total. The van der Waals surface area contributed by atoms with E-state index >= 15 is 0 Å². The Morgan fingerprint density at radius 3 is 2.52 bits per heavy atom. The van der Waals surface area contributed by atoms with Crippen molar-refractivity contribution in [1.82, 2.24) is 0 Å². The number of aliphatic carboxylic acids is 1. The fourth-order valence-corrected chi connectivity index (χ4v) is 4.74. The Kier molecular flexibility index (Phi) is 11.5. The fraction of sp³-hybridized carbons (Fsp3) is 0.773. The van der Waals surface area contributed by atoms with Gasteiger partial charge in [0, 0.05) is 17.2 Å². The van der Waals surface area contributed by atoms with Crippen LogP contribution in [0.2, 0.25) is 0 Å². The summed E-state index contributed by atoms with van der Waals surface area (Å²) in [5.74, 6) is -0.145. The van der Waals surface area contributed by atoms with Crippen LogP contribution in [0.25, 0.3) is 0 Å². The SMILES string of the molecule is CC(C)=CCC(C)[C@H](O)/C=C/[C@@H]1[C@@H](CCCCCCC(=O)O)[C@@H](Br)C[C@H]1O. The smallest absolute Gasteiger partial charge is 0.303 e. The number of carboxylic acid groups (broad SMARTS) is 1. The molecule has 0 saturated heterocycles. The van der Waals surface area contributed by atoms with E-state index < -0.39 is 12.1 Å². The van der Waals surface area contributed by atoms with Crippen molar-refractivity contribution in [2.24, 2.45) is 17.8 Å². The zero-order chi connectivity index (χ0) is 20.4. The molecule has 1 unspecified atom stereocenters. The number of hydrogen-bond donors (Lipinski definition) is 3. The first kappa shape index (κ1) is 24.4. The van der Waals surface area contributed by atoms with Gasteiger partial charge < -0.3 is 15.3 Å². The van der Waals surface area contributed by atoms with E-state index in [0.29, 0.717) is 10.7 Å². The minimum Gasteiger partial charge on any atom is -0.481 e. The van der Waals surface area contributed by atoms with Crippen molar-refractivity contribution < 1.29 is 20.1 Å². The predicted molar refractivity (Wildman–Crippen MR) is 114 cm³/mol. The van der Waals surface area contributed by atoms with Gasteiger partial charge in [-0.15, -0.1) is 0 Å². The minimum atomic E-state index is -0.725. The third-order valence-electron chi connectivity index (χ3n) is 5.56. The van der Waals surface area contributed by atoms with E-state index in [2.05, 4.69) is 35.9 Å². The highest BCUT2D eigenvalue weighted by Crippen LogP contribution is 2.41. The third kappa shape index (κ3) is 9.40. The van der Waals surface area contributed by atoms with Crippen LogP contribution in [0.15, 0.2) is 23.8 Å². The molecule has 1 saturated carbocycles.